The minimum Gasteiger partial charge on any atom is -0.354 e. The van der Waals surface area contributed by atoms with E-state index in [1.807, 2.05) is 26.8 Å². The fourth-order valence-electron chi connectivity index (χ4n) is 2.39. The highest BCUT2D eigenvalue weighted by atomic mass is 32.1. The first-order valence-electron chi connectivity index (χ1n) is 7.83. The molecule has 4 heteroatoms. The van der Waals surface area contributed by atoms with Gasteiger partial charge in [-0.15, -0.1) is 11.3 Å². The second-order valence-electron chi connectivity index (χ2n) is 5.71. The average Bonchev–Trinajstić information content (AvgIpc) is 2.75. The van der Waals surface area contributed by atoms with Crippen LogP contribution in [-0.4, -0.2) is 17.7 Å². The monoisotopic (exact) mass is 309 g/mol. The number of hydrogen-bond donors (Lipinski definition) is 1. The Morgan fingerprint density at radius 3 is 2.52 bits per heavy atom. The number of hydrogen-bond acceptors (Lipinski definition) is 3. The van der Waals surface area contributed by atoms with Gasteiger partial charge in [-0.2, -0.15) is 0 Å². The second-order valence-corrected chi connectivity index (χ2v) is 7.17. The van der Waals surface area contributed by atoms with Crippen LogP contribution in [0.2, 0.25) is 0 Å². The lowest BCUT2D eigenvalue weighted by molar-refractivity contribution is -0.121. The predicted molar refractivity (Wildman–Crippen MR) is 89.1 cm³/mol. The minimum atomic E-state index is -0.0167. The number of thiophene rings is 1. The molecule has 0 bridgehead atoms. The Balaban J connectivity index is 2.32. The summed E-state index contributed by atoms with van der Waals surface area (Å²) in [5.74, 6) is 0.0580. The van der Waals surface area contributed by atoms with Crippen molar-refractivity contribution in [3.8, 4) is 0 Å². The van der Waals surface area contributed by atoms with Crippen LogP contribution in [0, 0.1) is 13.8 Å². The van der Waals surface area contributed by atoms with Crippen molar-refractivity contribution in [2.24, 2.45) is 0 Å². The minimum absolute atomic E-state index is 0.0167. The maximum absolute atomic E-state index is 12.1. The van der Waals surface area contributed by atoms with Gasteiger partial charge in [0.05, 0.1) is 0 Å². The van der Waals surface area contributed by atoms with E-state index in [-0.39, 0.29) is 24.2 Å². The van der Waals surface area contributed by atoms with E-state index in [1.165, 1.54) is 12.8 Å². The number of aryl methyl sites for hydroxylation is 2. The van der Waals surface area contributed by atoms with E-state index < -0.39 is 0 Å². The van der Waals surface area contributed by atoms with Gasteiger partial charge >= 0.3 is 0 Å². The summed E-state index contributed by atoms with van der Waals surface area (Å²) in [6.07, 6.45) is 5.13. The third-order valence-electron chi connectivity index (χ3n) is 3.57. The van der Waals surface area contributed by atoms with E-state index in [9.17, 15) is 9.59 Å². The summed E-state index contributed by atoms with van der Waals surface area (Å²) >= 11 is 1.63. The lowest BCUT2D eigenvalue weighted by Crippen LogP contribution is -2.32. The third kappa shape index (κ3) is 6.42. The Bertz CT molecular complexity index is 479. The molecular weight excluding hydrogens is 282 g/mol. The fourth-order valence-corrected chi connectivity index (χ4v) is 3.33. The second kappa shape index (κ2) is 8.98. The topological polar surface area (TPSA) is 46.2 Å². The molecule has 0 radical (unpaired) electrons. The summed E-state index contributed by atoms with van der Waals surface area (Å²) in [4.78, 5) is 26.1. The van der Waals surface area contributed by atoms with Gasteiger partial charge in [0.2, 0.25) is 5.91 Å². The molecule has 0 saturated carbocycles. The molecule has 118 valence electrons. The van der Waals surface area contributed by atoms with Crippen molar-refractivity contribution >= 4 is 23.0 Å². The normalized spacial score (nSPS) is 12.2. The van der Waals surface area contributed by atoms with E-state index in [4.69, 9.17) is 0 Å². The molecule has 1 amide bonds. The quantitative estimate of drug-likeness (QED) is 0.542. The Hall–Kier alpha value is -1.16. The highest BCUT2D eigenvalue weighted by Crippen LogP contribution is 2.22. The van der Waals surface area contributed by atoms with Crippen LogP contribution in [-0.2, 0) is 4.79 Å². The van der Waals surface area contributed by atoms with Gasteiger partial charge in [-0.1, -0.05) is 26.2 Å². The Morgan fingerprint density at radius 2 is 1.95 bits per heavy atom. The molecule has 0 aliphatic carbocycles. The average molecular weight is 309 g/mol. The first-order chi connectivity index (χ1) is 9.93. The zero-order chi connectivity index (χ0) is 15.8. The fraction of sp³-hybridized carbons (Fsp3) is 0.647. The van der Waals surface area contributed by atoms with Crippen molar-refractivity contribution in [3.63, 3.8) is 0 Å². The van der Waals surface area contributed by atoms with Gasteiger partial charge in [-0.3, -0.25) is 9.59 Å². The molecule has 1 atom stereocenters. The SMILES string of the molecule is CCCCCC(C)NC(=O)CCC(=O)c1cc(C)sc1C. The van der Waals surface area contributed by atoms with Gasteiger partial charge < -0.3 is 5.32 Å². The lowest BCUT2D eigenvalue weighted by Gasteiger charge is -2.13. The molecule has 0 aliphatic heterocycles. The number of amides is 1. The van der Waals surface area contributed by atoms with E-state index in [0.29, 0.717) is 6.42 Å². The smallest absolute Gasteiger partial charge is 0.220 e. The molecule has 1 N–H and O–H groups in total. The molecule has 0 saturated heterocycles. The molecule has 1 rings (SSSR count). The van der Waals surface area contributed by atoms with Crippen LogP contribution >= 0.6 is 11.3 Å². The summed E-state index contributed by atoms with van der Waals surface area (Å²) in [6.45, 7) is 8.16. The van der Waals surface area contributed by atoms with Crippen molar-refractivity contribution in [2.45, 2.75) is 72.3 Å². The maximum atomic E-state index is 12.1. The molecule has 1 aromatic heterocycles. The van der Waals surface area contributed by atoms with Crippen LogP contribution in [0.25, 0.3) is 0 Å². The van der Waals surface area contributed by atoms with E-state index in [2.05, 4.69) is 12.2 Å². The summed E-state index contributed by atoms with van der Waals surface area (Å²) in [5.41, 5.74) is 0.779. The number of ketones is 1. The van der Waals surface area contributed by atoms with Crippen molar-refractivity contribution in [3.05, 3.63) is 21.4 Å². The van der Waals surface area contributed by atoms with Crippen molar-refractivity contribution in [2.75, 3.05) is 0 Å². The van der Waals surface area contributed by atoms with Crippen molar-refractivity contribution in [1.29, 1.82) is 0 Å². The predicted octanol–water partition coefficient (Wildman–Crippen LogP) is 4.41. The number of carbonyl (C=O) groups excluding carboxylic acids is 2. The summed E-state index contributed by atoms with van der Waals surface area (Å²) in [7, 11) is 0. The van der Waals surface area contributed by atoms with Gasteiger partial charge in [0, 0.05) is 34.2 Å². The van der Waals surface area contributed by atoms with Crippen LogP contribution in [0.3, 0.4) is 0 Å². The first-order valence-corrected chi connectivity index (χ1v) is 8.65. The van der Waals surface area contributed by atoms with E-state index >= 15 is 0 Å². The standard InChI is InChI=1S/C17H27NO2S/c1-5-6-7-8-12(2)18-17(20)10-9-16(19)15-11-13(3)21-14(15)4/h11-12H,5-10H2,1-4H3,(H,18,20). The Morgan fingerprint density at radius 1 is 1.24 bits per heavy atom. The molecule has 0 aliphatic rings. The summed E-state index contributed by atoms with van der Waals surface area (Å²) in [6, 6.07) is 2.12. The number of unbranched alkanes of at least 4 members (excludes halogenated alkanes) is 2. The molecule has 0 fully saturated rings. The zero-order valence-electron chi connectivity index (χ0n) is 13.6. The number of nitrogens with one attached hydrogen (secondary N) is 1. The molecule has 21 heavy (non-hydrogen) atoms. The molecule has 1 unspecified atom stereocenters. The maximum Gasteiger partial charge on any atom is 0.220 e. The number of carbonyl (C=O) groups is 2. The first kappa shape index (κ1) is 17.9. The Kier molecular flexibility index (Phi) is 7.65. The molecule has 3 nitrogen and oxygen atoms in total. The van der Waals surface area contributed by atoms with Gasteiger partial charge in [0.25, 0.3) is 0 Å². The van der Waals surface area contributed by atoms with E-state index in [0.717, 1.165) is 28.2 Å². The highest BCUT2D eigenvalue weighted by molar-refractivity contribution is 7.12. The molecule has 0 aromatic carbocycles. The van der Waals surface area contributed by atoms with Gasteiger partial charge in [-0.25, -0.2) is 0 Å². The van der Waals surface area contributed by atoms with Crippen LogP contribution < -0.4 is 5.32 Å². The van der Waals surface area contributed by atoms with Crippen LogP contribution in [0.4, 0.5) is 0 Å². The van der Waals surface area contributed by atoms with Gasteiger partial charge in [0.15, 0.2) is 5.78 Å². The van der Waals surface area contributed by atoms with E-state index in [1.54, 1.807) is 11.3 Å². The highest BCUT2D eigenvalue weighted by Gasteiger charge is 2.14. The van der Waals surface area contributed by atoms with Gasteiger partial charge in [0.1, 0.15) is 0 Å². The molecule has 0 spiro atoms. The van der Waals surface area contributed by atoms with Crippen LogP contribution in [0.5, 0.6) is 0 Å². The van der Waals surface area contributed by atoms with Crippen molar-refractivity contribution in [1.82, 2.24) is 5.32 Å². The molecule has 1 heterocycles. The number of Topliss-reactive ketones (excluding diaryl/α,β-unsaturated/α-hetero) is 1. The molecular formula is C17H27NO2S. The van der Waals surface area contributed by atoms with Crippen molar-refractivity contribution < 1.29 is 9.59 Å². The third-order valence-corrected chi connectivity index (χ3v) is 4.53. The van der Waals surface area contributed by atoms with Crippen LogP contribution in [0.1, 0.15) is 72.5 Å². The van der Waals surface area contributed by atoms with Crippen LogP contribution in [0.15, 0.2) is 6.07 Å². The molecule has 1 aromatic rings. The largest absolute Gasteiger partial charge is 0.354 e. The summed E-state index contributed by atoms with van der Waals surface area (Å²) < 4.78 is 0. The number of rotatable bonds is 9. The lowest BCUT2D eigenvalue weighted by atomic mass is 10.1. The Labute approximate surface area is 132 Å². The zero-order valence-corrected chi connectivity index (χ0v) is 14.4. The van der Waals surface area contributed by atoms with Gasteiger partial charge in [-0.05, 0) is 33.3 Å². The summed E-state index contributed by atoms with van der Waals surface area (Å²) in [5, 5.41) is 2.98.